The number of para-hydroxylation sites is 1. The Balaban J connectivity index is 1.31. The lowest BCUT2D eigenvalue weighted by Crippen LogP contribution is -2.49. The Kier molecular flexibility index (Phi) is 6.67. The van der Waals surface area contributed by atoms with Gasteiger partial charge in [-0.25, -0.2) is 15.0 Å². The van der Waals surface area contributed by atoms with Crippen molar-refractivity contribution in [3.8, 4) is 11.6 Å². The van der Waals surface area contributed by atoms with E-state index in [1.165, 1.54) is 11.8 Å². The average Bonchev–Trinajstić information content (AvgIpc) is 2.91. The summed E-state index contributed by atoms with van der Waals surface area (Å²) in [5, 5.41) is 0.603. The van der Waals surface area contributed by atoms with Crippen LogP contribution in [0.25, 0.3) is 0 Å². The molecule has 1 aliphatic heterocycles. The number of hydrogen-bond acceptors (Lipinski definition) is 7. The zero-order chi connectivity index (χ0) is 23.2. The molecule has 5 rings (SSSR count). The monoisotopic (exact) mass is 469 g/mol. The Morgan fingerprint density at radius 1 is 0.765 bits per heavy atom. The molecule has 1 aliphatic rings. The Morgan fingerprint density at radius 3 is 2.29 bits per heavy atom. The molecular formula is C26H23N5O2S. The summed E-state index contributed by atoms with van der Waals surface area (Å²) in [5.41, 5.74) is 0.648. The second kappa shape index (κ2) is 10.4. The number of piperazine rings is 1. The van der Waals surface area contributed by atoms with Gasteiger partial charge in [0.25, 0.3) is 11.8 Å². The van der Waals surface area contributed by atoms with Gasteiger partial charge in [-0.05, 0) is 36.4 Å². The van der Waals surface area contributed by atoms with E-state index >= 15 is 0 Å². The number of benzene rings is 2. The number of carbonyl (C=O) groups is 1. The highest BCUT2D eigenvalue weighted by Crippen LogP contribution is 2.36. The number of amides is 1. The van der Waals surface area contributed by atoms with Gasteiger partial charge < -0.3 is 14.5 Å². The standard InChI is InChI=1S/C26H23N5O2S/c32-26(31-18-16-30(17-19-31)23-12-6-7-13-27-23)21-10-4-5-11-22(21)34-25-24(28-14-15-29-25)33-20-8-2-1-3-9-20/h1-15H,16-19H2. The van der Waals surface area contributed by atoms with Crippen LogP contribution in [0, 0.1) is 0 Å². The molecule has 170 valence electrons. The van der Waals surface area contributed by atoms with Gasteiger partial charge in [0, 0.05) is 49.7 Å². The molecule has 2 aromatic heterocycles. The van der Waals surface area contributed by atoms with Gasteiger partial charge in [-0.15, -0.1) is 0 Å². The number of hydrogen-bond donors (Lipinski definition) is 0. The van der Waals surface area contributed by atoms with E-state index in [1.54, 1.807) is 18.6 Å². The molecule has 1 fully saturated rings. The topological polar surface area (TPSA) is 71.5 Å². The molecular weight excluding hydrogens is 446 g/mol. The Hall–Kier alpha value is -3.91. The maximum absolute atomic E-state index is 13.4. The van der Waals surface area contributed by atoms with Crippen LogP contribution in [0.5, 0.6) is 11.6 Å². The lowest BCUT2D eigenvalue weighted by Gasteiger charge is -2.35. The predicted octanol–water partition coefficient (Wildman–Crippen LogP) is 4.78. The minimum Gasteiger partial charge on any atom is -0.437 e. The van der Waals surface area contributed by atoms with E-state index in [-0.39, 0.29) is 5.91 Å². The Morgan fingerprint density at radius 2 is 1.50 bits per heavy atom. The fourth-order valence-corrected chi connectivity index (χ4v) is 4.65. The maximum atomic E-state index is 13.4. The van der Waals surface area contributed by atoms with Crippen molar-refractivity contribution < 1.29 is 9.53 Å². The van der Waals surface area contributed by atoms with Crippen molar-refractivity contribution in [1.29, 1.82) is 0 Å². The van der Waals surface area contributed by atoms with Crippen LogP contribution in [0.4, 0.5) is 5.82 Å². The van der Waals surface area contributed by atoms with Gasteiger partial charge in [-0.2, -0.15) is 0 Å². The summed E-state index contributed by atoms with van der Waals surface area (Å²) in [4.78, 5) is 31.6. The Bertz CT molecular complexity index is 1250. The van der Waals surface area contributed by atoms with Crippen LogP contribution in [-0.4, -0.2) is 51.9 Å². The largest absolute Gasteiger partial charge is 0.437 e. The van der Waals surface area contributed by atoms with Crippen LogP contribution in [0.15, 0.2) is 101 Å². The normalized spacial score (nSPS) is 13.5. The molecule has 8 heteroatoms. The minimum absolute atomic E-state index is 0.0122. The first kappa shape index (κ1) is 21.9. The second-order valence-electron chi connectivity index (χ2n) is 7.65. The van der Waals surface area contributed by atoms with Gasteiger partial charge in [-0.1, -0.05) is 48.2 Å². The van der Waals surface area contributed by atoms with Crippen molar-refractivity contribution in [2.45, 2.75) is 9.92 Å². The van der Waals surface area contributed by atoms with Crippen molar-refractivity contribution in [2.75, 3.05) is 31.1 Å². The van der Waals surface area contributed by atoms with Crippen LogP contribution < -0.4 is 9.64 Å². The van der Waals surface area contributed by atoms with E-state index in [0.717, 1.165) is 23.8 Å². The molecule has 0 N–H and O–H groups in total. The number of anilines is 1. The summed E-state index contributed by atoms with van der Waals surface area (Å²) >= 11 is 1.38. The number of pyridine rings is 1. The molecule has 0 spiro atoms. The molecule has 1 saturated heterocycles. The number of carbonyl (C=O) groups excluding carboxylic acids is 1. The maximum Gasteiger partial charge on any atom is 0.255 e. The zero-order valence-corrected chi connectivity index (χ0v) is 19.3. The van der Waals surface area contributed by atoms with E-state index in [2.05, 4.69) is 19.9 Å². The van der Waals surface area contributed by atoms with Crippen LogP contribution in [0.1, 0.15) is 10.4 Å². The molecule has 7 nitrogen and oxygen atoms in total. The first-order chi connectivity index (χ1) is 16.8. The van der Waals surface area contributed by atoms with Gasteiger partial charge in [0.15, 0.2) is 5.03 Å². The highest BCUT2D eigenvalue weighted by atomic mass is 32.2. The number of rotatable bonds is 6. The third-order valence-corrected chi connectivity index (χ3v) is 6.50. The van der Waals surface area contributed by atoms with Gasteiger partial charge in [0.05, 0.1) is 5.56 Å². The smallest absolute Gasteiger partial charge is 0.255 e. The van der Waals surface area contributed by atoms with E-state index in [1.807, 2.05) is 77.7 Å². The van der Waals surface area contributed by atoms with E-state index in [9.17, 15) is 4.79 Å². The quantitative estimate of drug-likeness (QED) is 0.402. The predicted molar refractivity (Wildman–Crippen MR) is 131 cm³/mol. The van der Waals surface area contributed by atoms with E-state index < -0.39 is 0 Å². The molecule has 34 heavy (non-hydrogen) atoms. The molecule has 3 heterocycles. The highest BCUT2D eigenvalue weighted by molar-refractivity contribution is 7.99. The Labute approximate surface area is 202 Å². The van der Waals surface area contributed by atoms with Crippen molar-refractivity contribution in [1.82, 2.24) is 19.9 Å². The SMILES string of the molecule is O=C(c1ccccc1Sc1nccnc1Oc1ccccc1)N1CCN(c2ccccn2)CC1. The molecule has 0 saturated carbocycles. The van der Waals surface area contributed by atoms with Crippen molar-refractivity contribution >= 4 is 23.5 Å². The van der Waals surface area contributed by atoms with Crippen LogP contribution >= 0.6 is 11.8 Å². The molecule has 4 aromatic rings. The average molecular weight is 470 g/mol. The number of aromatic nitrogens is 3. The molecule has 0 unspecified atom stereocenters. The lowest BCUT2D eigenvalue weighted by atomic mass is 10.2. The van der Waals surface area contributed by atoms with Crippen molar-refractivity contribution in [3.05, 3.63) is 97.0 Å². The lowest BCUT2D eigenvalue weighted by molar-refractivity contribution is 0.0743. The van der Waals surface area contributed by atoms with E-state index in [0.29, 0.717) is 35.3 Å². The third kappa shape index (κ3) is 5.02. The third-order valence-electron chi connectivity index (χ3n) is 5.46. The number of ether oxygens (including phenoxy) is 1. The molecule has 0 bridgehead atoms. The van der Waals surface area contributed by atoms with Gasteiger partial charge in [-0.3, -0.25) is 4.79 Å². The minimum atomic E-state index is 0.0122. The first-order valence-electron chi connectivity index (χ1n) is 11.0. The molecule has 0 atom stereocenters. The summed E-state index contributed by atoms with van der Waals surface area (Å²) in [6.45, 7) is 2.78. The molecule has 0 aliphatic carbocycles. The molecule has 2 aromatic carbocycles. The highest BCUT2D eigenvalue weighted by Gasteiger charge is 2.25. The summed E-state index contributed by atoms with van der Waals surface area (Å²) in [7, 11) is 0. The van der Waals surface area contributed by atoms with Gasteiger partial charge in [0.1, 0.15) is 11.6 Å². The van der Waals surface area contributed by atoms with Crippen molar-refractivity contribution in [2.24, 2.45) is 0 Å². The zero-order valence-electron chi connectivity index (χ0n) is 18.4. The first-order valence-corrected chi connectivity index (χ1v) is 11.9. The number of nitrogens with zero attached hydrogens (tertiary/aromatic N) is 5. The van der Waals surface area contributed by atoms with Crippen molar-refractivity contribution in [3.63, 3.8) is 0 Å². The fraction of sp³-hybridized carbons (Fsp3) is 0.154. The summed E-state index contributed by atoms with van der Waals surface area (Å²) in [6, 6.07) is 23.0. The van der Waals surface area contributed by atoms with Crippen LogP contribution in [-0.2, 0) is 0 Å². The summed E-state index contributed by atoms with van der Waals surface area (Å²) in [5.74, 6) is 2.04. The summed E-state index contributed by atoms with van der Waals surface area (Å²) < 4.78 is 5.95. The van der Waals surface area contributed by atoms with Gasteiger partial charge >= 0.3 is 0 Å². The second-order valence-corrected chi connectivity index (χ2v) is 8.68. The molecule has 0 radical (unpaired) electrons. The molecule has 1 amide bonds. The summed E-state index contributed by atoms with van der Waals surface area (Å²) in [6.07, 6.45) is 5.02. The van der Waals surface area contributed by atoms with Crippen LogP contribution in [0.2, 0.25) is 0 Å². The van der Waals surface area contributed by atoms with E-state index in [4.69, 9.17) is 4.74 Å². The van der Waals surface area contributed by atoms with Crippen LogP contribution in [0.3, 0.4) is 0 Å². The fourth-order valence-electron chi connectivity index (χ4n) is 3.74. The van der Waals surface area contributed by atoms with Gasteiger partial charge in [0.2, 0.25) is 0 Å².